The molecular weight excluding hydrogens is 302 g/mol. The van der Waals surface area contributed by atoms with Crippen molar-refractivity contribution in [1.82, 2.24) is 0 Å². The number of rotatable bonds is 3. The van der Waals surface area contributed by atoms with E-state index in [2.05, 4.69) is 20.8 Å². The van der Waals surface area contributed by atoms with Gasteiger partial charge >= 0.3 is 0 Å². The summed E-state index contributed by atoms with van der Waals surface area (Å²) in [7, 11) is 0. The molecule has 2 nitrogen and oxygen atoms in total. The second-order valence-electron chi connectivity index (χ2n) is 7.23. The molecular formula is C17H22ClNOS. The number of benzene rings is 1. The van der Waals surface area contributed by atoms with Crippen LogP contribution in [-0.2, 0) is 0 Å². The fourth-order valence-corrected chi connectivity index (χ4v) is 4.56. The topological polar surface area (TPSA) is 35.2 Å². The monoisotopic (exact) mass is 323 g/mol. The molecule has 0 aromatic heterocycles. The van der Waals surface area contributed by atoms with Gasteiger partial charge in [-0.05, 0) is 48.8 Å². The van der Waals surface area contributed by atoms with E-state index in [1.807, 2.05) is 12.1 Å². The average Bonchev–Trinajstić information content (AvgIpc) is 2.74. The van der Waals surface area contributed by atoms with Crippen LogP contribution in [0.1, 0.15) is 45.6 Å². The molecule has 0 radical (unpaired) electrons. The Balaban J connectivity index is 1.84. The van der Waals surface area contributed by atoms with Crippen molar-refractivity contribution in [2.45, 2.75) is 46.1 Å². The van der Waals surface area contributed by atoms with Crippen LogP contribution in [0.4, 0.5) is 0 Å². The van der Waals surface area contributed by atoms with Crippen molar-refractivity contribution in [3.8, 4) is 5.75 Å². The Kier molecular flexibility index (Phi) is 3.49. The minimum Gasteiger partial charge on any atom is -0.488 e. The molecule has 3 rings (SSSR count). The summed E-state index contributed by atoms with van der Waals surface area (Å²) in [5.74, 6) is 1.49. The van der Waals surface area contributed by atoms with Gasteiger partial charge in [0.2, 0.25) is 0 Å². The smallest absolute Gasteiger partial charge is 0.138 e. The first-order chi connectivity index (χ1) is 9.75. The molecule has 2 bridgehead atoms. The molecule has 2 aliphatic rings. The lowest BCUT2D eigenvalue weighted by Gasteiger charge is -2.39. The van der Waals surface area contributed by atoms with Crippen molar-refractivity contribution in [2.24, 2.45) is 22.5 Å². The van der Waals surface area contributed by atoms with E-state index in [0.717, 1.165) is 23.7 Å². The van der Waals surface area contributed by atoms with Gasteiger partial charge in [0.25, 0.3) is 0 Å². The number of thiocarbonyl (C=S) groups is 1. The highest BCUT2D eigenvalue weighted by atomic mass is 35.5. The molecule has 2 aliphatic carbocycles. The Labute approximate surface area is 137 Å². The number of fused-ring (bicyclic) bond motifs is 2. The third kappa shape index (κ3) is 2.17. The molecule has 2 fully saturated rings. The molecule has 0 spiro atoms. The van der Waals surface area contributed by atoms with E-state index < -0.39 is 0 Å². The van der Waals surface area contributed by atoms with Gasteiger partial charge in [-0.1, -0.05) is 44.6 Å². The molecule has 3 unspecified atom stereocenters. The first-order valence-corrected chi connectivity index (χ1v) is 8.30. The molecule has 0 saturated heterocycles. The van der Waals surface area contributed by atoms with Crippen molar-refractivity contribution < 1.29 is 4.74 Å². The van der Waals surface area contributed by atoms with Gasteiger partial charge in [0, 0.05) is 11.0 Å². The fourth-order valence-electron chi connectivity index (χ4n) is 4.21. The molecule has 0 aliphatic heterocycles. The summed E-state index contributed by atoms with van der Waals surface area (Å²) in [6, 6.07) is 5.56. The molecule has 2 saturated carbocycles. The van der Waals surface area contributed by atoms with E-state index in [1.165, 1.54) is 12.8 Å². The van der Waals surface area contributed by atoms with Crippen molar-refractivity contribution >= 4 is 28.8 Å². The standard InChI is InChI=1S/C17H22ClNOS/c1-16(2)11-6-7-17(16,3)14(9-11)20-13-5-4-10(15(19)21)8-12(13)18/h4-5,8,11,14H,6-7,9H2,1-3H3,(H2,19,21). The van der Waals surface area contributed by atoms with Gasteiger partial charge in [0.05, 0.1) is 5.02 Å². The molecule has 3 atom stereocenters. The van der Waals surface area contributed by atoms with Crippen molar-refractivity contribution in [3.63, 3.8) is 0 Å². The first-order valence-electron chi connectivity index (χ1n) is 7.52. The molecule has 114 valence electrons. The van der Waals surface area contributed by atoms with Crippen LogP contribution in [0.15, 0.2) is 18.2 Å². The predicted octanol–water partition coefficient (Wildman–Crippen LogP) is 4.57. The van der Waals surface area contributed by atoms with E-state index in [4.69, 9.17) is 34.3 Å². The minimum absolute atomic E-state index is 0.225. The normalized spacial score (nSPS) is 33.1. The highest BCUT2D eigenvalue weighted by Crippen LogP contribution is 2.66. The summed E-state index contributed by atoms with van der Waals surface area (Å²) >= 11 is 11.3. The second-order valence-corrected chi connectivity index (χ2v) is 8.07. The Morgan fingerprint density at radius 2 is 2.10 bits per heavy atom. The third-order valence-corrected chi connectivity index (χ3v) is 6.73. The van der Waals surface area contributed by atoms with Gasteiger partial charge in [-0.3, -0.25) is 0 Å². The molecule has 0 heterocycles. The van der Waals surface area contributed by atoms with Crippen LogP contribution >= 0.6 is 23.8 Å². The maximum Gasteiger partial charge on any atom is 0.138 e. The van der Waals surface area contributed by atoms with Gasteiger partial charge in [-0.15, -0.1) is 0 Å². The fraction of sp³-hybridized carbons (Fsp3) is 0.588. The second kappa shape index (κ2) is 4.85. The van der Waals surface area contributed by atoms with Crippen molar-refractivity contribution in [3.05, 3.63) is 28.8 Å². The largest absolute Gasteiger partial charge is 0.488 e. The zero-order chi connectivity index (χ0) is 15.4. The quantitative estimate of drug-likeness (QED) is 0.828. The van der Waals surface area contributed by atoms with Gasteiger partial charge < -0.3 is 10.5 Å². The van der Waals surface area contributed by atoms with Crippen molar-refractivity contribution in [1.29, 1.82) is 0 Å². The van der Waals surface area contributed by atoms with E-state index in [9.17, 15) is 0 Å². The van der Waals surface area contributed by atoms with Gasteiger partial charge in [0.1, 0.15) is 16.8 Å². The maximum atomic E-state index is 6.33. The Morgan fingerprint density at radius 3 is 2.57 bits per heavy atom. The van der Waals surface area contributed by atoms with Crippen LogP contribution < -0.4 is 10.5 Å². The lowest BCUT2D eigenvalue weighted by atomic mass is 9.70. The van der Waals surface area contributed by atoms with E-state index in [-0.39, 0.29) is 11.5 Å². The number of hydrogen-bond acceptors (Lipinski definition) is 2. The van der Waals surface area contributed by atoms with Crippen LogP contribution in [0.5, 0.6) is 5.75 Å². The summed E-state index contributed by atoms with van der Waals surface area (Å²) in [5.41, 5.74) is 6.97. The van der Waals surface area contributed by atoms with Gasteiger partial charge in [-0.25, -0.2) is 0 Å². The van der Waals surface area contributed by atoms with Crippen LogP contribution in [0.2, 0.25) is 5.02 Å². The highest BCUT2D eigenvalue weighted by molar-refractivity contribution is 7.80. The van der Waals surface area contributed by atoms with E-state index in [1.54, 1.807) is 6.07 Å². The zero-order valence-corrected chi connectivity index (χ0v) is 14.4. The van der Waals surface area contributed by atoms with Crippen LogP contribution in [-0.4, -0.2) is 11.1 Å². The number of nitrogens with two attached hydrogens (primary N) is 1. The number of ether oxygens (including phenoxy) is 1. The Hall–Kier alpha value is -0.800. The third-order valence-electron chi connectivity index (χ3n) is 6.20. The SMILES string of the molecule is CC1(C)C2CCC1(C)C(Oc1ccc(C(N)=S)cc1Cl)C2. The minimum atomic E-state index is 0.225. The molecule has 1 aromatic carbocycles. The predicted molar refractivity (Wildman–Crippen MR) is 91.0 cm³/mol. The van der Waals surface area contributed by atoms with Crippen molar-refractivity contribution in [2.75, 3.05) is 0 Å². The molecule has 21 heavy (non-hydrogen) atoms. The lowest BCUT2D eigenvalue weighted by molar-refractivity contribution is 0.0302. The zero-order valence-electron chi connectivity index (χ0n) is 12.8. The van der Waals surface area contributed by atoms with Gasteiger partial charge in [0.15, 0.2) is 0 Å². The van der Waals surface area contributed by atoms with Crippen LogP contribution in [0.3, 0.4) is 0 Å². The average molecular weight is 324 g/mol. The summed E-state index contributed by atoms with van der Waals surface area (Å²) in [4.78, 5) is 0.358. The molecule has 1 aromatic rings. The molecule has 4 heteroatoms. The van der Waals surface area contributed by atoms with Crippen LogP contribution in [0, 0.1) is 16.7 Å². The van der Waals surface area contributed by atoms with E-state index >= 15 is 0 Å². The Bertz CT molecular complexity index is 600. The summed E-state index contributed by atoms with van der Waals surface area (Å²) in [6.07, 6.45) is 3.91. The number of hydrogen-bond donors (Lipinski definition) is 1. The maximum absolute atomic E-state index is 6.33. The lowest BCUT2D eigenvalue weighted by Crippen LogP contribution is -2.38. The highest BCUT2D eigenvalue weighted by Gasteiger charge is 2.62. The summed E-state index contributed by atoms with van der Waals surface area (Å²) < 4.78 is 6.30. The summed E-state index contributed by atoms with van der Waals surface area (Å²) in [6.45, 7) is 7.12. The Morgan fingerprint density at radius 1 is 1.38 bits per heavy atom. The summed E-state index contributed by atoms with van der Waals surface area (Å²) in [5, 5.41) is 0.587. The molecule has 2 N–H and O–H groups in total. The van der Waals surface area contributed by atoms with Crippen LogP contribution in [0.25, 0.3) is 0 Å². The van der Waals surface area contributed by atoms with E-state index in [0.29, 0.717) is 15.4 Å². The first kappa shape index (κ1) is 15.1. The number of halogens is 1. The van der Waals surface area contributed by atoms with Gasteiger partial charge in [-0.2, -0.15) is 0 Å². The molecule has 0 amide bonds.